The van der Waals surface area contributed by atoms with Gasteiger partial charge in [-0.3, -0.25) is 0 Å². The monoisotopic (exact) mass is 420 g/mol. The van der Waals surface area contributed by atoms with Crippen molar-refractivity contribution in [2.24, 2.45) is 0 Å². The molecule has 2 N–H and O–H groups in total. The van der Waals surface area contributed by atoms with E-state index in [0.717, 1.165) is 11.6 Å². The normalized spacial score (nSPS) is 11.3. The summed E-state index contributed by atoms with van der Waals surface area (Å²) in [5.74, 6) is -2.72. The highest BCUT2D eigenvalue weighted by atomic mass is 16.4. The summed E-state index contributed by atoms with van der Waals surface area (Å²) in [7, 11) is 0. The average molecular weight is 420 g/mol. The Bertz CT molecular complexity index is 1490. The third kappa shape index (κ3) is 3.28. The van der Waals surface area contributed by atoms with E-state index in [1.807, 2.05) is 26.0 Å². The van der Waals surface area contributed by atoms with E-state index >= 15 is 0 Å². The Balaban J connectivity index is 2.20. The Morgan fingerprint density at radius 1 is 0.871 bits per heavy atom. The lowest BCUT2D eigenvalue weighted by atomic mass is 9.93. The molecule has 0 spiro atoms. The lowest BCUT2D eigenvalue weighted by Gasteiger charge is -2.12. The molecule has 156 valence electrons. The number of carbonyl (C=O) groups is 2. The molecule has 0 aliphatic heterocycles. The summed E-state index contributed by atoms with van der Waals surface area (Å²) >= 11 is 0. The fourth-order valence-electron chi connectivity index (χ4n) is 3.53. The molecule has 0 saturated heterocycles. The third-order valence-corrected chi connectivity index (χ3v) is 5.08. The lowest BCUT2D eigenvalue weighted by molar-refractivity contribution is 0.0682. The van der Waals surface area contributed by atoms with Crippen LogP contribution < -0.4 is 11.3 Å². The van der Waals surface area contributed by atoms with E-state index in [4.69, 9.17) is 8.83 Å². The molecule has 31 heavy (non-hydrogen) atoms. The second-order valence-electron chi connectivity index (χ2n) is 7.33. The van der Waals surface area contributed by atoms with Gasteiger partial charge in [-0.15, -0.1) is 0 Å². The minimum Gasteiger partial charge on any atom is -0.477 e. The van der Waals surface area contributed by atoms with Gasteiger partial charge in [-0.05, 0) is 35.2 Å². The van der Waals surface area contributed by atoms with Crippen LogP contribution in [-0.2, 0) is 0 Å². The molecule has 0 unspecified atom stereocenters. The summed E-state index contributed by atoms with van der Waals surface area (Å²) in [6.45, 7) is 4.01. The minimum absolute atomic E-state index is 0.0108. The second-order valence-corrected chi connectivity index (χ2v) is 7.33. The Hall–Kier alpha value is -4.20. The molecule has 0 amide bonds. The Labute approximate surface area is 174 Å². The molecule has 0 radical (unpaired) electrons. The first-order valence-corrected chi connectivity index (χ1v) is 9.33. The highest BCUT2D eigenvalue weighted by Gasteiger charge is 2.25. The number of benzene rings is 2. The zero-order chi connectivity index (χ0) is 22.4. The summed E-state index contributed by atoms with van der Waals surface area (Å²) in [4.78, 5) is 47.9. The molecule has 4 aromatic rings. The van der Waals surface area contributed by atoms with Crippen LogP contribution in [0.2, 0.25) is 0 Å². The van der Waals surface area contributed by atoms with Crippen molar-refractivity contribution >= 4 is 33.9 Å². The predicted octanol–water partition coefficient (Wildman–Crippen LogP) is 4.09. The number of carboxylic acids is 2. The standard InChI is InChI=1S/C23H16O8/c1-10(2)11-3-5-12(6-4-11)16-17-15(30-23(29)18(16)21(26)27)8-7-13-9-14(20(24)25)22(28)31-19(13)17/h3-10H,1-2H3,(H,24,25)(H,26,27). The molecule has 2 aromatic heterocycles. The van der Waals surface area contributed by atoms with Crippen LogP contribution in [0.5, 0.6) is 0 Å². The van der Waals surface area contributed by atoms with Crippen molar-refractivity contribution in [3.8, 4) is 11.1 Å². The van der Waals surface area contributed by atoms with Gasteiger partial charge in [0, 0.05) is 10.9 Å². The molecule has 4 rings (SSSR count). The van der Waals surface area contributed by atoms with Crippen molar-refractivity contribution in [1.82, 2.24) is 0 Å². The maximum atomic E-state index is 12.5. The first-order valence-electron chi connectivity index (χ1n) is 9.33. The van der Waals surface area contributed by atoms with Crippen LogP contribution in [0.15, 0.2) is 60.9 Å². The van der Waals surface area contributed by atoms with Gasteiger partial charge < -0.3 is 19.0 Å². The first-order chi connectivity index (χ1) is 14.7. The highest BCUT2D eigenvalue weighted by molar-refractivity contribution is 6.14. The van der Waals surface area contributed by atoms with Gasteiger partial charge in [0.15, 0.2) is 5.56 Å². The van der Waals surface area contributed by atoms with Gasteiger partial charge in [-0.25, -0.2) is 19.2 Å². The Morgan fingerprint density at radius 2 is 1.55 bits per heavy atom. The molecule has 8 heteroatoms. The van der Waals surface area contributed by atoms with Gasteiger partial charge in [-0.1, -0.05) is 38.1 Å². The smallest absolute Gasteiger partial charge is 0.351 e. The van der Waals surface area contributed by atoms with E-state index in [0.29, 0.717) is 5.56 Å². The van der Waals surface area contributed by atoms with Crippen molar-refractivity contribution in [3.05, 3.63) is 80.0 Å². The van der Waals surface area contributed by atoms with E-state index in [1.54, 1.807) is 12.1 Å². The number of rotatable bonds is 4. The zero-order valence-electron chi connectivity index (χ0n) is 16.5. The molecule has 2 heterocycles. The zero-order valence-corrected chi connectivity index (χ0v) is 16.5. The molecule has 2 aromatic carbocycles. The van der Waals surface area contributed by atoms with E-state index in [-0.39, 0.29) is 33.4 Å². The average Bonchev–Trinajstić information content (AvgIpc) is 2.71. The summed E-state index contributed by atoms with van der Waals surface area (Å²) in [5.41, 5.74) is -1.92. The number of fused-ring (bicyclic) bond motifs is 3. The maximum Gasteiger partial charge on any atom is 0.351 e. The SMILES string of the molecule is CC(C)c1ccc(-c2c(C(=O)O)c(=O)oc3ccc4cc(C(=O)O)c(=O)oc4c23)cc1. The minimum atomic E-state index is -1.50. The van der Waals surface area contributed by atoms with Gasteiger partial charge in [0.2, 0.25) is 0 Å². The van der Waals surface area contributed by atoms with Gasteiger partial charge in [0.1, 0.15) is 16.7 Å². The molecule has 0 atom stereocenters. The highest BCUT2D eigenvalue weighted by Crippen LogP contribution is 2.36. The van der Waals surface area contributed by atoms with Gasteiger partial charge in [0.05, 0.1) is 5.39 Å². The van der Waals surface area contributed by atoms with Crippen LogP contribution in [0.3, 0.4) is 0 Å². The molecular formula is C23H16O8. The van der Waals surface area contributed by atoms with Crippen molar-refractivity contribution in [2.75, 3.05) is 0 Å². The largest absolute Gasteiger partial charge is 0.477 e. The molecule has 0 saturated carbocycles. The molecule has 0 aliphatic carbocycles. The first kappa shape index (κ1) is 20.1. The van der Waals surface area contributed by atoms with Gasteiger partial charge in [-0.2, -0.15) is 0 Å². The second kappa shape index (κ2) is 7.24. The quantitative estimate of drug-likeness (QED) is 0.372. The van der Waals surface area contributed by atoms with E-state index in [9.17, 15) is 29.4 Å². The van der Waals surface area contributed by atoms with Crippen LogP contribution >= 0.6 is 0 Å². The molecule has 0 bridgehead atoms. The summed E-state index contributed by atoms with van der Waals surface area (Å²) < 4.78 is 10.5. The van der Waals surface area contributed by atoms with Crippen LogP contribution in [0, 0.1) is 0 Å². The van der Waals surface area contributed by atoms with Gasteiger partial charge >= 0.3 is 23.2 Å². The molecular weight excluding hydrogens is 404 g/mol. The van der Waals surface area contributed by atoms with Crippen LogP contribution in [-0.4, -0.2) is 22.2 Å². The number of hydrogen-bond donors (Lipinski definition) is 2. The fourth-order valence-corrected chi connectivity index (χ4v) is 3.53. The predicted molar refractivity (Wildman–Crippen MR) is 112 cm³/mol. The van der Waals surface area contributed by atoms with Crippen LogP contribution in [0.25, 0.3) is 33.1 Å². The van der Waals surface area contributed by atoms with E-state index in [2.05, 4.69) is 0 Å². The van der Waals surface area contributed by atoms with Crippen molar-refractivity contribution in [2.45, 2.75) is 19.8 Å². The molecule has 0 fully saturated rings. The molecule has 0 aliphatic rings. The topological polar surface area (TPSA) is 135 Å². The summed E-state index contributed by atoms with van der Waals surface area (Å²) in [5, 5.41) is 19.3. The third-order valence-electron chi connectivity index (χ3n) is 5.08. The van der Waals surface area contributed by atoms with Gasteiger partial charge in [0.25, 0.3) is 0 Å². The number of hydrogen-bond acceptors (Lipinski definition) is 6. The summed E-state index contributed by atoms with van der Waals surface area (Å²) in [6.07, 6.45) is 0. The Morgan fingerprint density at radius 3 is 2.13 bits per heavy atom. The van der Waals surface area contributed by atoms with Crippen molar-refractivity contribution in [3.63, 3.8) is 0 Å². The van der Waals surface area contributed by atoms with Crippen LogP contribution in [0.1, 0.15) is 46.0 Å². The van der Waals surface area contributed by atoms with Crippen molar-refractivity contribution in [1.29, 1.82) is 0 Å². The number of aromatic carboxylic acids is 2. The van der Waals surface area contributed by atoms with Crippen molar-refractivity contribution < 1.29 is 28.6 Å². The van der Waals surface area contributed by atoms with E-state index < -0.39 is 34.3 Å². The fraction of sp³-hybridized carbons (Fsp3) is 0.130. The Kier molecular flexibility index (Phi) is 4.69. The lowest BCUT2D eigenvalue weighted by Crippen LogP contribution is -2.16. The molecule has 8 nitrogen and oxygen atoms in total. The number of carboxylic acid groups (broad SMARTS) is 2. The summed E-state index contributed by atoms with van der Waals surface area (Å²) in [6, 6.07) is 11.0. The van der Waals surface area contributed by atoms with E-state index in [1.165, 1.54) is 12.1 Å². The van der Waals surface area contributed by atoms with Crippen LogP contribution in [0.4, 0.5) is 0 Å². The maximum absolute atomic E-state index is 12.5.